The molecule has 1 aliphatic rings. The SMILES string of the molecule is Cc1cc(CNC(=O)CN2CCCCCC2=O)ccc1F. The Morgan fingerprint density at radius 3 is 2.90 bits per heavy atom. The lowest BCUT2D eigenvalue weighted by molar-refractivity contribution is -0.135. The van der Waals surface area contributed by atoms with Gasteiger partial charge >= 0.3 is 0 Å². The molecule has 0 bridgehead atoms. The second-order valence-electron chi connectivity index (χ2n) is 5.49. The number of nitrogens with one attached hydrogen (secondary N) is 1. The third-order valence-corrected chi connectivity index (χ3v) is 3.72. The minimum atomic E-state index is -0.250. The minimum absolute atomic E-state index is 0.0558. The van der Waals surface area contributed by atoms with E-state index in [1.807, 2.05) is 0 Å². The van der Waals surface area contributed by atoms with E-state index in [2.05, 4.69) is 5.32 Å². The molecule has 4 nitrogen and oxygen atoms in total. The molecule has 1 fully saturated rings. The number of carbonyl (C=O) groups excluding carboxylic acids is 2. The number of amides is 2. The topological polar surface area (TPSA) is 49.4 Å². The summed E-state index contributed by atoms with van der Waals surface area (Å²) >= 11 is 0. The Labute approximate surface area is 124 Å². The van der Waals surface area contributed by atoms with Crippen LogP contribution in [0.15, 0.2) is 18.2 Å². The first-order valence-electron chi connectivity index (χ1n) is 7.36. The molecule has 0 radical (unpaired) electrons. The van der Waals surface area contributed by atoms with Gasteiger partial charge in [0.2, 0.25) is 11.8 Å². The molecule has 1 aliphatic heterocycles. The molecule has 0 aromatic heterocycles. The smallest absolute Gasteiger partial charge is 0.239 e. The van der Waals surface area contributed by atoms with Gasteiger partial charge in [0.1, 0.15) is 5.82 Å². The highest BCUT2D eigenvalue weighted by Crippen LogP contribution is 2.11. The lowest BCUT2D eigenvalue weighted by atomic mass is 10.1. The van der Waals surface area contributed by atoms with E-state index in [1.165, 1.54) is 6.07 Å². The highest BCUT2D eigenvalue weighted by molar-refractivity contribution is 5.84. The van der Waals surface area contributed by atoms with Crippen LogP contribution in [0.4, 0.5) is 4.39 Å². The summed E-state index contributed by atoms with van der Waals surface area (Å²) < 4.78 is 13.2. The van der Waals surface area contributed by atoms with Crippen LogP contribution in [0.25, 0.3) is 0 Å². The summed E-state index contributed by atoms with van der Waals surface area (Å²) in [5.74, 6) is -0.368. The molecule has 1 heterocycles. The number of benzene rings is 1. The monoisotopic (exact) mass is 292 g/mol. The molecule has 114 valence electrons. The summed E-state index contributed by atoms with van der Waals surface area (Å²) in [4.78, 5) is 25.3. The van der Waals surface area contributed by atoms with Crippen molar-refractivity contribution in [3.05, 3.63) is 35.1 Å². The van der Waals surface area contributed by atoms with E-state index in [4.69, 9.17) is 0 Å². The van der Waals surface area contributed by atoms with Crippen LogP contribution < -0.4 is 5.32 Å². The van der Waals surface area contributed by atoms with Crippen LogP contribution in [0.5, 0.6) is 0 Å². The van der Waals surface area contributed by atoms with Gasteiger partial charge in [-0.1, -0.05) is 18.6 Å². The molecular formula is C16H21FN2O2. The van der Waals surface area contributed by atoms with Crippen LogP contribution in [-0.2, 0) is 16.1 Å². The number of hydrogen-bond donors (Lipinski definition) is 1. The predicted molar refractivity (Wildman–Crippen MR) is 78.0 cm³/mol. The Kier molecular flexibility index (Phi) is 5.31. The first-order valence-corrected chi connectivity index (χ1v) is 7.36. The Morgan fingerprint density at radius 1 is 1.33 bits per heavy atom. The van der Waals surface area contributed by atoms with Crippen molar-refractivity contribution in [1.29, 1.82) is 0 Å². The maximum Gasteiger partial charge on any atom is 0.239 e. The summed E-state index contributed by atoms with van der Waals surface area (Å²) in [6.07, 6.45) is 3.44. The van der Waals surface area contributed by atoms with Crippen LogP contribution >= 0.6 is 0 Å². The van der Waals surface area contributed by atoms with Gasteiger partial charge < -0.3 is 10.2 Å². The molecule has 0 atom stereocenters. The van der Waals surface area contributed by atoms with Gasteiger partial charge in [-0.05, 0) is 37.0 Å². The highest BCUT2D eigenvalue weighted by atomic mass is 19.1. The van der Waals surface area contributed by atoms with E-state index >= 15 is 0 Å². The van der Waals surface area contributed by atoms with Crippen LogP contribution in [0.3, 0.4) is 0 Å². The average Bonchev–Trinajstić information content (AvgIpc) is 2.65. The van der Waals surface area contributed by atoms with Crippen molar-refractivity contribution in [3.63, 3.8) is 0 Å². The molecule has 21 heavy (non-hydrogen) atoms. The van der Waals surface area contributed by atoms with Crippen molar-refractivity contribution in [2.24, 2.45) is 0 Å². The van der Waals surface area contributed by atoms with E-state index in [1.54, 1.807) is 24.0 Å². The summed E-state index contributed by atoms with van der Waals surface area (Å²) in [7, 11) is 0. The molecule has 1 N–H and O–H groups in total. The zero-order valence-corrected chi connectivity index (χ0v) is 12.3. The van der Waals surface area contributed by atoms with Gasteiger partial charge in [-0.2, -0.15) is 0 Å². The Bertz CT molecular complexity index is 531. The number of likely N-dealkylation sites (tertiary alicyclic amines) is 1. The van der Waals surface area contributed by atoms with E-state index in [9.17, 15) is 14.0 Å². The number of rotatable bonds is 4. The minimum Gasteiger partial charge on any atom is -0.350 e. The van der Waals surface area contributed by atoms with Crippen LogP contribution in [-0.4, -0.2) is 29.8 Å². The standard InChI is InChI=1S/C16H21FN2O2/c1-12-9-13(6-7-14(12)17)10-18-15(20)11-19-8-4-2-3-5-16(19)21/h6-7,9H,2-5,8,10-11H2,1H3,(H,18,20). The molecule has 0 saturated carbocycles. The number of nitrogens with zero attached hydrogens (tertiary/aromatic N) is 1. The van der Waals surface area contributed by atoms with Gasteiger partial charge in [0.15, 0.2) is 0 Å². The fourth-order valence-corrected chi connectivity index (χ4v) is 2.45. The molecule has 1 saturated heterocycles. The highest BCUT2D eigenvalue weighted by Gasteiger charge is 2.18. The molecule has 0 spiro atoms. The second kappa shape index (κ2) is 7.20. The summed E-state index contributed by atoms with van der Waals surface area (Å²) in [5.41, 5.74) is 1.41. The molecule has 5 heteroatoms. The molecule has 0 unspecified atom stereocenters. The molecule has 1 aromatic carbocycles. The number of aryl methyl sites for hydroxylation is 1. The van der Waals surface area contributed by atoms with Gasteiger partial charge in [-0.3, -0.25) is 9.59 Å². The zero-order valence-electron chi connectivity index (χ0n) is 12.3. The van der Waals surface area contributed by atoms with Gasteiger partial charge in [0, 0.05) is 19.5 Å². The van der Waals surface area contributed by atoms with E-state index in [0.717, 1.165) is 24.8 Å². The predicted octanol–water partition coefficient (Wildman–Crippen LogP) is 2.15. The first kappa shape index (κ1) is 15.5. The fraction of sp³-hybridized carbons (Fsp3) is 0.500. The Balaban J connectivity index is 1.83. The van der Waals surface area contributed by atoms with Gasteiger partial charge in [0.05, 0.1) is 6.54 Å². The van der Waals surface area contributed by atoms with Crippen molar-refractivity contribution in [2.75, 3.05) is 13.1 Å². The van der Waals surface area contributed by atoms with Gasteiger partial charge in [-0.15, -0.1) is 0 Å². The number of hydrogen-bond acceptors (Lipinski definition) is 2. The quantitative estimate of drug-likeness (QED) is 0.924. The maximum atomic E-state index is 13.2. The maximum absolute atomic E-state index is 13.2. The van der Waals surface area contributed by atoms with E-state index in [0.29, 0.717) is 25.1 Å². The normalized spacial score (nSPS) is 15.7. The third-order valence-electron chi connectivity index (χ3n) is 3.72. The fourth-order valence-electron chi connectivity index (χ4n) is 2.45. The largest absolute Gasteiger partial charge is 0.350 e. The average molecular weight is 292 g/mol. The molecule has 2 amide bonds. The summed E-state index contributed by atoms with van der Waals surface area (Å²) in [5, 5.41) is 2.78. The molecular weight excluding hydrogens is 271 g/mol. The Morgan fingerprint density at radius 2 is 2.14 bits per heavy atom. The van der Waals surface area contributed by atoms with Gasteiger partial charge in [0.25, 0.3) is 0 Å². The van der Waals surface area contributed by atoms with Crippen molar-refractivity contribution in [3.8, 4) is 0 Å². The van der Waals surface area contributed by atoms with E-state index < -0.39 is 0 Å². The summed E-state index contributed by atoms with van der Waals surface area (Å²) in [6, 6.07) is 4.77. The second-order valence-corrected chi connectivity index (χ2v) is 5.49. The van der Waals surface area contributed by atoms with Crippen LogP contribution in [0.2, 0.25) is 0 Å². The van der Waals surface area contributed by atoms with E-state index in [-0.39, 0.29) is 24.2 Å². The van der Waals surface area contributed by atoms with Crippen molar-refractivity contribution in [1.82, 2.24) is 10.2 Å². The number of carbonyl (C=O) groups is 2. The van der Waals surface area contributed by atoms with Gasteiger partial charge in [-0.25, -0.2) is 4.39 Å². The van der Waals surface area contributed by atoms with Crippen molar-refractivity contribution < 1.29 is 14.0 Å². The van der Waals surface area contributed by atoms with Crippen molar-refractivity contribution >= 4 is 11.8 Å². The molecule has 1 aromatic rings. The van der Waals surface area contributed by atoms with Crippen LogP contribution in [0, 0.1) is 12.7 Å². The van der Waals surface area contributed by atoms with Crippen LogP contribution in [0.1, 0.15) is 36.8 Å². The molecule has 0 aliphatic carbocycles. The third kappa shape index (κ3) is 4.55. The first-order chi connectivity index (χ1) is 10.1. The lowest BCUT2D eigenvalue weighted by Gasteiger charge is -2.19. The zero-order chi connectivity index (χ0) is 15.2. The Hall–Kier alpha value is -1.91. The summed E-state index contributed by atoms with van der Waals surface area (Å²) in [6.45, 7) is 2.81. The lowest BCUT2D eigenvalue weighted by Crippen LogP contribution is -2.40. The number of halogens is 1. The molecule has 2 rings (SSSR count). The van der Waals surface area contributed by atoms with Crippen molar-refractivity contribution in [2.45, 2.75) is 39.2 Å².